The predicted molar refractivity (Wildman–Crippen MR) is 137 cm³/mol. The third-order valence-corrected chi connectivity index (χ3v) is 5.34. The number of carbonyl (C=O) groups excluding carboxylic acids is 4. The SMILES string of the molecule is CCCCC(=O)Oc1cc(C(=O)OCc2ccccc2)cc(OC(=O)CCCC)c1OC(=O)CCCC. The molecule has 2 aromatic carbocycles. The third-order valence-electron chi connectivity index (χ3n) is 5.34. The van der Waals surface area contributed by atoms with Crippen LogP contribution in [0.25, 0.3) is 0 Å². The van der Waals surface area contributed by atoms with E-state index < -0.39 is 23.9 Å². The molecule has 0 aliphatic heterocycles. The second-order valence-electron chi connectivity index (χ2n) is 8.60. The molecule has 0 saturated carbocycles. The standard InChI is InChI=1S/C29H36O8/c1-4-7-15-25(30)35-23-18-22(29(33)34-20-21-13-11-10-12-14-21)19-24(36-26(31)16-8-5-2)28(23)37-27(32)17-9-6-3/h10-14,18-19H,4-9,15-17,20H2,1-3H3. The highest BCUT2D eigenvalue weighted by atomic mass is 16.6. The number of carbonyl (C=O) groups is 4. The zero-order chi connectivity index (χ0) is 27.0. The fourth-order valence-corrected chi connectivity index (χ4v) is 3.23. The van der Waals surface area contributed by atoms with E-state index in [1.54, 1.807) is 0 Å². The molecule has 200 valence electrons. The number of rotatable bonds is 15. The van der Waals surface area contributed by atoms with Crippen LogP contribution in [0.1, 0.15) is 94.5 Å². The lowest BCUT2D eigenvalue weighted by atomic mass is 10.1. The molecule has 37 heavy (non-hydrogen) atoms. The van der Waals surface area contributed by atoms with Gasteiger partial charge in [0.1, 0.15) is 6.61 Å². The molecule has 0 spiro atoms. The summed E-state index contributed by atoms with van der Waals surface area (Å²) in [5.74, 6) is -2.99. The lowest BCUT2D eigenvalue weighted by molar-refractivity contribution is -0.138. The summed E-state index contributed by atoms with van der Waals surface area (Å²) < 4.78 is 21.9. The minimum Gasteiger partial charge on any atom is -0.457 e. The van der Waals surface area contributed by atoms with Gasteiger partial charge in [-0.1, -0.05) is 70.4 Å². The normalized spacial score (nSPS) is 10.5. The van der Waals surface area contributed by atoms with Crippen molar-refractivity contribution in [1.29, 1.82) is 0 Å². The molecule has 0 saturated heterocycles. The summed E-state index contributed by atoms with van der Waals surface area (Å²) in [6, 6.07) is 11.7. The summed E-state index contributed by atoms with van der Waals surface area (Å²) in [6.07, 6.45) is 4.52. The van der Waals surface area contributed by atoms with E-state index in [-0.39, 0.29) is 48.7 Å². The van der Waals surface area contributed by atoms with Crippen LogP contribution in [0.2, 0.25) is 0 Å². The maximum atomic E-state index is 12.9. The van der Waals surface area contributed by atoms with E-state index in [0.717, 1.165) is 24.8 Å². The first-order chi connectivity index (χ1) is 17.9. The Hall–Kier alpha value is -3.68. The Morgan fingerprint density at radius 1 is 0.649 bits per heavy atom. The molecule has 8 heteroatoms. The van der Waals surface area contributed by atoms with Crippen LogP contribution in [0.5, 0.6) is 17.2 Å². The highest BCUT2D eigenvalue weighted by molar-refractivity contribution is 5.92. The third kappa shape index (κ3) is 10.5. The highest BCUT2D eigenvalue weighted by Gasteiger charge is 2.25. The van der Waals surface area contributed by atoms with Crippen molar-refractivity contribution in [3.63, 3.8) is 0 Å². The Morgan fingerprint density at radius 3 is 1.57 bits per heavy atom. The van der Waals surface area contributed by atoms with Crippen LogP contribution in [0, 0.1) is 0 Å². The Kier molecular flexibility index (Phi) is 12.9. The molecule has 0 radical (unpaired) electrons. The van der Waals surface area contributed by atoms with Crippen molar-refractivity contribution in [2.24, 2.45) is 0 Å². The zero-order valence-electron chi connectivity index (χ0n) is 21.9. The topological polar surface area (TPSA) is 105 Å². The van der Waals surface area contributed by atoms with Gasteiger partial charge in [-0.05, 0) is 37.0 Å². The average Bonchev–Trinajstić information content (AvgIpc) is 2.90. The highest BCUT2D eigenvalue weighted by Crippen LogP contribution is 2.40. The van der Waals surface area contributed by atoms with E-state index in [1.807, 2.05) is 51.1 Å². The van der Waals surface area contributed by atoms with E-state index in [9.17, 15) is 19.2 Å². The number of benzene rings is 2. The second-order valence-corrected chi connectivity index (χ2v) is 8.60. The van der Waals surface area contributed by atoms with Gasteiger partial charge in [-0.15, -0.1) is 0 Å². The summed E-state index contributed by atoms with van der Waals surface area (Å²) in [6.45, 7) is 5.83. The molecule has 0 fully saturated rings. The van der Waals surface area contributed by atoms with Crippen LogP contribution in [-0.2, 0) is 25.7 Å². The Bertz CT molecular complexity index is 1000. The van der Waals surface area contributed by atoms with E-state index in [4.69, 9.17) is 18.9 Å². The lowest BCUT2D eigenvalue weighted by Crippen LogP contribution is -2.16. The van der Waals surface area contributed by atoms with Crippen LogP contribution >= 0.6 is 0 Å². The number of ether oxygens (including phenoxy) is 4. The van der Waals surface area contributed by atoms with Gasteiger partial charge in [0.2, 0.25) is 5.75 Å². The first-order valence-corrected chi connectivity index (χ1v) is 12.9. The molecule has 0 amide bonds. The van der Waals surface area contributed by atoms with Crippen molar-refractivity contribution in [3.05, 3.63) is 53.6 Å². The maximum absolute atomic E-state index is 12.9. The van der Waals surface area contributed by atoms with Gasteiger partial charge in [0.25, 0.3) is 0 Å². The van der Waals surface area contributed by atoms with E-state index >= 15 is 0 Å². The number of hydrogen-bond acceptors (Lipinski definition) is 8. The second kappa shape index (κ2) is 16.1. The first kappa shape index (κ1) is 29.5. The van der Waals surface area contributed by atoms with Crippen LogP contribution in [-0.4, -0.2) is 23.9 Å². The minimum absolute atomic E-state index is 0.0131. The summed E-state index contributed by atoms with van der Waals surface area (Å²) in [5.41, 5.74) is 0.774. The Balaban J connectivity index is 2.44. The molecule has 0 aromatic heterocycles. The van der Waals surface area contributed by atoms with Crippen LogP contribution in [0.15, 0.2) is 42.5 Å². The maximum Gasteiger partial charge on any atom is 0.338 e. The van der Waals surface area contributed by atoms with Crippen LogP contribution in [0.3, 0.4) is 0 Å². The molecule has 2 rings (SSSR count). The smallest absolute Gasteiger partial charge is 0.338 e. The quantitative estimate of drug-likeness (QED) is 0.201. The van der Waals surface area contributed by atoms with Gasteiger partial charge in [-0.2, -0.15) is 0 Å². The van der Waals surface area contributed by atoms with Gasteiger partial charge in [-0.3, -0.25) is 14.4 Å². The molecular weight excluding hydrogens is 476 g/mol. The van der Waals surface area contributed by atoms with Gasteiger partial charge in [0, 0.05) is 19.3 Å². The van der Waals surface area contributed by atoms with Gasteiger partial charge in [0.15, 0.2) is 11.5 Å². The van der Waals surface area contributed by atoms with Gasteiger partial charge in [-0.25, -0.2) is 4.79 Å². The van der Waals surface area contributed by atoms with Crippen LogP contribution < -0.4 is 14.2 Å². The molecule has 8 nitrogen and oxygen atoms in total. The molecule has 0 atom stereocenters. The molecule has 0 unspecified atom stereocenters. The molecular formula is C29H36O8. The van der Waals surface area contributed by atoms with Crippen molar-refractivity contribution in [3.8, 4) is 17.2 Å². The Labute approximate surface area is 218 Å². The molecule has 0 bridgehead atoms. The Morgan fingerprint density at radius 2 is 1.11 bits per heavy atom. The zero-order valence-corrected chi connectivity index (χ0v) is 21.9. The van der Waals surface area contributed by atoms with Gasteiger partial charge >= 0.3 is 23.9 Å². The molecule has 0 heterocycles. The molecule has 0 aliphatic rings. The molecule has 2 aromatic rings. The van der Waals surface area contributed by atoms with E-state index in [0.29, 0.717) is 19.3 Å². The number of unbranched alkanes of at least 4 members (excludes halogenated alkanes) is 3. The molecule has 0 aliphatic carbocycles. The summed E-state index contributed by atoms with van der Waals surface area (Å²) in [5, 5.41) is 0. The van der Waals surface area contributed by atoms with Gasteiger partial charge in [0.05, 0.1) is 5.56 Å². The van der Waals surface area contributed by atoms with Crippen LogP contribution in [0.4, 0.5) is 0 Å². The minimum atomic E-state index is -0.718. The van der Waals surface area contributed by atoms with E-state index in [1.165, 1.54) is 12.1 Å². The average molecular weight is 513 g/mol. The number of hydrogen-bond donors (Lipinski definition) is 0. The fraction of sp³-hybridized carbons (Fsp3) is 0.448. The van der Waals surface area contributed by atoms with Crippen molar-refractivity contribution in [2.45, 2.75) is 85.2 Å². The first-order valence-electron chi connectivity index (χ1n) is 12.9. The summed E-state index contributed by atoms with van der Waals surface area (Å²) in [7, 11) is 0. The van der Waals surface area contributed by atoms with Crippen molar-refractivity contribution in [2.75, 3.05) is 0 Å². The monoisotopic (exact) mass is 512 g/mol. The lowest BCUT2D eigenvalue weighted by Gasteiger charge is -2.16. The van der Waals surface area contributed by atoms with Crippen molar-refractivity contribution >= 4 is 23.9 Å². The molecule has 0 N–H and O–H groups in total. The largest absolute Gasteiger partial charge is 0.457 e. The van der Waals surface area contributed by atoms with Gasteiger partial charge < -0.3 is 18.9 Å². The van der Waals surface area contributed by atoms with Crippen molar-refractivity contribution in [1.82, 2.24) is 0 Å². The van der Waals surface area contributed by atoms with Crippen molar-refractivity contribution < 1.29 is 38.1 Å². The number of esters is 4. The van der Waals surface area contributed by atoms with E-state index in [2.05, 4.69) is 0 Å². The fourth-order valence-electron chi connectivity index (χ4n) is 3.23. The summed E-state index contributed by atoms with van der Waals surface area (Å²) >= 11 is 0. The predicted octanol–water partition coefficient (Wildman–Crippen LogP) is 6.33. The summed E-state index contributed by atoms with van der Waals surface area (Å²) in [4.78, 5) is 50.3.